The van der Waals surface area contributed by atoms with Gasteiger partial charge in [-0.25, -0.2) is 4.98 Å². The minimum Gasteiger partial charge on any atom is -0.383 e. The Hall–Kier alpha value is -0.200. The molecule has 1 aliphatic rings. The average Bonchev–Trinajstić information content (AvgIpc) is 2.96. The number of hydrogen-bond acceptors (Lipinski definition) is 5. The van der Waals surface area contributed by atoms with Crippen LogP contribution in [0.25, 0.3) is 0 Å². The van der Waals surface area contributed by atoms with Crippen LogP contribution >= 0.6 is 27.5 Å². The lowest BCUT2D eigenvalue weighted by atomic mass is 10.4. The molecule has 1 aliphatic carbocycles. The second-order valence-corrected chi connectivity index (χ2v) is 6.17. The molecule has 0 radical (unpaired) electrons. The summed E-state index contributed by atoms with van der Waals surface area (Å²) in [6.07, 6.45) is 2.51. The fourth-order valence-electron chi connectivity index (χ4n) is 1.50. The van der Waals surface area contributed by atoms with Crippen LogP contribution in [-0.2, 0) is 4.74 Å². The third-order valence-electron chi connectivity index (χ3n) is 2.52. The van der Waals surface area contributed by atoms with Crippen molar-refractivity contribution in [2.45, 2.75) is 23.6 Å². The minimum atomic E-state index is 0.329. The average molecular weight is 306 g/mol. The van der Waals surface area contributed by atoms with E-state index in [0.717, 1.165) is 17.5 Å². The molecule has 6 heteroatoms. The molecule has 1 heterocycles. The fraction of sp³-hybridized carbons (Fsp3) is 0.800. The van der Waals surface area contributed by atoms with Crippen LogP contribution in [0.3, 0.4) is 0 Å². The zero-order chi connectivity index (χ0) is 11.5. The van der Waals surface area contributed by atoms with Gasteiger partial charge >= 0.3 is 0 Å². The largest absolute Gasteiger partial charge is 0.383 e. The van der Waals surface area contributed by atoms with Gasteiger partial charge in [0.25, 0.3) is 0 Å². The van der Waals surface area contributed by atoms with E-state index in [1.165, 1.54) is 24.4 Å². The molecule has 0 spiro atoms. The molecule has 1 unspecified atom stereocenters. The van der Waals surface area contributed by atoms with E-state index in [9.17, 15) is 0 Å². The van der Waals surface area contributed by atoms with Gasteiger partial charge in [0.1, 0.15) is 5.82 Å². The summed E-state index contributed by atoms with van der Waals surface area (Å²) in [5.41, 5.74) is 0. The Balaban J connectivity index is 1.89. The minimum absolute atomic E-state index is 0.329. The summed E-state index contributed by atoms with van der Waals surface area (Å²) in [6, 6.07) is 0. The molecule has 16 heavy (non-hydrogen) atoms. The summed E-state index contributed by atoms with van der Waals surface area (Å²) < 4.78 is 9.48. The molecule has 0 aliphatic heterocycles. The molecule has 1 aromatic heterocycles. The highest BCUT2D eigenvalue weighted by molar-refractivity contribution is 9.09. The van der Waals surface area contributed by atoms with Gasteiger partial charge in [-0.05, 0) is 12.8 Å². The number of anilines is 1. The molecule has 1 saturated carbocycles. The lowest BCUT2D eigenvalue weighted by molar-refractivity contribution is 0.202. The van der Waals surface area contributed by atoms with Crippen LogP contribution < -0.4 is 4.90 Å². The van der Waals surface area contributed by atoms with Crippen LogP contribution in [0.15, 0.2) is 0 Å². The first kappa shape index (κ1) is 12.3. The van der Waals surface area contributed by atoms with Crippen molar-refractivity contribution in [1.82, 2.24) is 9.36 Å². The number of ether oxygens (including phenoxy) is 1. The van der Waals surface area contributed by atoms with E-state index < -0.39 is 0 Å². The number of methoxy groups -OCH3 is 1. The van der Waals surface area contributed by atoms with Crippen LogP contribution in [0.2, 0.25) is 0 Å². The van der Waals surface area contributed by atoms with Gasteiger partial charge < -0.3 is 9.64 Å². The lowest BCUT2D eigenvalue weighted by Gasteiger charge is -2.18. The Labute approximate surface area is 108 Å². The highest BCUT2D eigenvalue weighted by Gasteiger charge is 2.28. The first-order valence-electron chi connectivity index (χ1n) is 5.38. The maximum Gasteiger partial charge on any atom is 0.204 e. The van der Waals surface area contributed by atoms with E-state index in [1.807, 2.05) is 7.05 Å². The molecule has 0 N–H and O–H groups in total. The van der Waals surface area contributed by atoms with Crippen molar-refractivity contribution >= 4 is 32.6 Å². The molecule has 0 bridgehead atoms. The summed E-state index contributed by atoms with van der Waals surface area (Å²) in [7, 11) is 3.76. The Morgan fingerprint density at radius 2 is 2.38 bits per heavy atom. The standard InChI is InChI=1S/C10H16BrN3OS/c1-14(5-8(11)6-15-2)10-12-9(13-16-10)7-3-4-7/h7-8H,3-6H2,1-2H3. The van der Waals surface area contributed by atoms with E-state index >= 15 is 0 Å². The van der Waals surface area contributed by atoms with Crippen LogP contribution in [0.1, 0.15) is 24.6 Å². The molecule has 1 aromatic rings. The van der Waals surface area contributed by atoms with Gasteiger partial charge in [-0.3, -0.25) is 0 Å². The van der Waals surface area contributed by atoms with Gasteiger partial charge in [-0.1, -0.05) is 15.9 Å². The van der Waals surface area contributed by atoms with Crippen LogP contribution in [0.5, 0.6) is 0 Å². The zero-order valence-corrected chi connectivity index (χ0v) is 11.9. The summed E-state index contributed by atoms with van der Waals surface area (Å²) in [5.74, 6) is 1.67. The molecular weight excluding hydrogens is 290 g/mol. The highest BCUT2D eigenvalue weighted by atomic mass is 79.9. The Bertz CT molecular complexity index is 343. The topological polar surface area (TPSA) is 38.2 Å². The van der Waals surface area contributed by atoms with Crippen molar-refractivity contribution in [3.63, 3.8) is 0 Å². The molecule has 2 rings (SSSR count). The fourth-order valence-corrected chi connectivity index (χ4v) is 2.91. The summed E-state index contributed by atoms with van der Waals surface area (Å²) in [5, 5.41) is 1.00. The first-order chi connectivity index (χ1) is 7.70. The Kier molecular flexibility index (Phi) is 4.16. The van der Waals surface area contributed by atoms with Gasteiger partial charge in [0.2, 0.25) is 5.13 Å². The maximum atomic E-state index is 5.09. The van der Waals surface area contributed by atoms with Crippen molar-refractivity contribution in [1.29, 1.82) is 0 Å². The smallest absolute Gasteiger partial charge is 0.204 e. The SMILES string of the molecule is COCC(Br)CN(C)c1nc(C2CC2)ns1. The van der Waals surface area contributed by atoms with Gasteiger partial charge in [0, 0.05) is 38.2 Å². The summed E-state index contributed by atoms with van der Waals surface area (Å²) in [6.45, 7) is 1.59. The van der Waals surface area contributed by atoms with Crippen LogP contribution in [-0.4, -0.2) is 41.5 Å². The molecule has 4 nitrogen and oxygen atoms in total. The lowest BCUT2D eigenvalue weighted by Crippen LogP contribution is -2.28. The summed E-state index contributed by atoms with van der Waals surface area (Å²) in [4.78, 5) is 7.01. The number of nitrogens with zero attached hydrogens (tertiary/aromatic N) is 3. The van der Waals surface area contributed by atoms with Crippen molar-refractivity contribution in [3.8, 4) is 0 Å². The van der Waals surface area contributed by atoms with Crippen LogP contribution in [0.4, 0.5) is 5.13 Å². The molecule has 1 fully saturated rings. The molecular formula is C10H16BrN3OS. The van der Waals surface area contributed by atoms with E-state index in [2.05, 4.69) is 30.2 Å². The number of rotatable bonds is 6. The van der Waals surface area contributed by atoms with E-state index in [-0.39, 0.29) is 0 Å². The number of halogens is 1. The van der Waals surface area contributed by atoms with Crippen molar-refractivity contribution < 1.29 is 4.74 Å². The maximum absolute atomic E-state index is 5.09. The molecule has 0 saturated heterocycles. The predicted octanol–water partition coefficient (Wildman–Crippen LogP) is 2.26. The van der Waals surface area contributed by atoms with Crippen molar-refractivity contribution in [2.75, 3.05) is 32.2 Å². The number of hydrogen-bond donors (Lipinski definition) is 0. The van der Waals surface area contributed by atoms with Crippen LogP contribution in [0, 0.1) is 0 Å². The third kappa shape index (κ3) is 3.15. The predicted molar refractivity (Wildman–Crippen MR) is 69.7 cm³/mol. The zero-order valence-electron chi connectivity index (χ0n) is 9.52. The number of alkyl halides is 1. The summed E-state index contributed by atoms with van der Waals surface area (Å²) >= 11 is 5.06. The van der Waals surface area contributed by atoms with E-state index in [4.69, 9.17) is 4.74 Å². The molecule has 0 amide bonds. The first-order valence-corrected chi connectivity index (χ1v) is 7.07. The Morgan fingerprint density at radius 1 is 1.62 bits per heavy atom. The van der Waals surface area contributed by atoms with Crippen molar-refractivity contribution in [2.24, 2.45) is 0 Å². The second-order valence-electron chi connectivity index (χ2n) is 4.14. The number of aromatic nitrogens is 2. The third-order valence-corrected chi connectivity index (χ3v) is 3.92. The van der Waals surface area contributed by atoms with E-state index in [1.54, 1.807) is 7.11 Å². The van der Waals surface area contributed by atoms with Gasteiger partial charge in [-0.15, -0.1) is 0 Å². The Morgan fingerprint density at radius 3 is 3.00 bits per heavy atom. The molecule has 1 atom stereocenters. The van der Waals surface area contributed by atoms with Crippen molar-refractivity contribution in [3.05, 3.63) is 5.82 Å². The molecule has 0 aromatic carbocycles. The van der Waals surface area contributed by atoms with Gasteiger partial charge in [0.05, 0.1) is 11.4 Å². The second kappa shape index (κ2) is 5.42. The quantitative estimate of drug-likeness (QED) is 0.756. The van der Waals surface area contributed by atoms with Gasteiger partial charge in [-0.2, -0.15) is 4.37 Å². The highest BCUT2D eigenvalue weighted by Crippen LogP contribution is 2.39. The monoisotopic (exact) mass is 305 g/mol. The molecule has 90 valence electrons. The van der Waals surface area contributed by atoms with E-state index in [0.29, 0.717) is 17.4 Å². The van der Waals surface area contributed by atoms with Gasteiger partial charge in [0.15, 0.2) is 0 Å². The normalized spacial score (nSPS) is 17.4.